The van der Waals surface area contributed by atoms with Gasteiger partial charge in [-0.1, -0.05) is 18.7 Å². The highest BCUT2D eigenvalue weighted by Gasteiger charge is 2.41. The Morgan fingerprint density at radius 3 is 2.74 bits per heavy atom. The van der Waals surface area contributed by atoms with Crippen LogP contribution in [-0.4, -0.2) is 49.1 Å². The minimum absolute atomic E-state index is 0.0856. The lowest BCUT2D eigenvalue weighted by Crippen LogP contribution is -2.32. The van der Waals surface area contributed by atoms with Gasteiger partial charge in [0.1, 0.15) is 11.6 Å². The van der Waals surface area contributed by atoms with Gasteiger partial charge in [0, 0.05) is 56.0 Å². The fourth-order valence-corrected chi connectivity index (χ4v) is 4.97. The fourth-order valence-electron chi connectivity index (χ4n) is 4.97. The molecule has 2 fully saturated rings. The lowest BCUT2D eigenvalue weighted by Gasteiger charge is -2.24. The van der Waals surface area contributed by atoms with E-state index < -0.39 is 0 Å². The van der Waals surface area contributed by atoms with E-state index in [9.17, 15) is 4.79 Å². The van der Waals surface area contributed by atoms with Crippen LogP contribution >= 0.6 is 0 Å². The standard InChI is InChI=1S/C25H28N4O2/c1-17-7-9-19-11-18(12-26-25(19)27-17)8-10-24(30)29-15-20-13-28(14-21(20)16-29)22-5-3-4-6-23(22)31-2/h3-6,8,10-12,20-21H,1,7,9,13-16H2,2H3,(H,26,27)/b10-8+/t20-,21+. The molecule has 6 nitrogen and oxygen atoms in total. The Balaban J connectivity index is 1.20. The number of nitrogens with zero attached hydrogens (tertiary/aromatic N) is 3. The molecule has 4 heterocycles. The largest absolute Gasteiger partial charge is 0.495 e. The minimum Gasteiger partial charge on any atom is -0.495 e. The van der Waals surface area contributed by atoms with Crippen LogP contribution < -0.4 is 15.0 Å². The van der Waals surface area contributed by atoms with Gasteiger partial charge in [-0.15, -0.1) is 0 Å². The lowest BCUT2D eigenvalue weighted by molar-refractivity contribution is -0.125. The maximum absolute atomic E-state index is 12.8. The van der Waals surface area contributed by atoms with E-state index in [4.69, 9.17) is 4.74 Å². The van der Waals surface area contributed by atoms with E-state index in [-0.39, 0.29) is 5.91 Å². The number of rotatable bonds is 4. The van der Waals surface area contributed by atoms with Gasteiger partial charge in [-0.05, 0) is 48.2 Å². The van der Waals surface area contributed by atoms with Crippen LogP contribution in [0.3, 0.4) is 0 Å². The number of aryl methyl sites for hydroxylation is 1. The molecule has 2 atom stereocenters. The van der Waals surface area contributed by atoms with Crippen molar-refractivity contribution in [2.24, 2.45) is 11.8 Å². The number of ether oxygens (including phenoxy) is 1. The molecule has 2 aromatic rings. The topological polar surface area (TPSA) is 57.7 Å². The van der Waals surface area contributed by atoms with E-state index in [0.29, 0.717) is 11.8 Å². The predicted octanol–water partition coefficient (Wildman–Crippen LogP) is 3.57. The van der Waals surface area contributed by atoms with Crippen molar-refractivity contribution < 1.29 is 9.53 Å². The number of anilines is 2. The summed E-state index contributed by atoms with van der Waals surface area (Å²) >= 11 is 0. The number of carbonyl (C=O) groups is 1. The highest BCUT2D eigenvalue weighted by molar-refractivity contribution is 5.92. The van der Waals surface area contributed by atoms with E-state index in [0.717, 1.165) is 67.5 Å². The van der Waals surface area contributed by atoms with Gasteiger partial charge < -0.3 is 19.9 Å². The molecule has 0 spiro atoms. The summed E-state index contributed by atoms with van der Waals surface area (Å²) in [5.74, 6) is 2.89. The normalized spacial score (nSPS) is 22.4. The maximum Gasteiger partial charge on any atom is 0.246 e. The van der Waals surface area contributed by atoms with Gasteiger partial charge in [-0.25, -0.2) is 4.98 Å². The van der Waals surface area contributed by atoms with Crippen LogP contribution in [0.15, 0.2) is 54.9 Å². The summed E-state index contributed by atoms with van der Waals surface area (Å²) in [4.78, 5) is 21.7. The van der Waals surface area contributed by atoms with E-state index >= 15 is 0 Å². The Bertz CT molecular complexity index is 1030. The highest BCUT2D eigenvalue weighted by atomic mass is 16.5. The molecule has 5 rings (SSSR count). The van der Waals surface area contributed by atoms with Crippen molar-refractivity contribution >= 4 is 23.5 Å². The van der Waals surface area contributed by atoms with Crippen molar-refractivity contribution in [1.82, 2.24) is 9.88 Å². The van der Waals surface area contributed by atoms with Gasteiger partial charge in [0.25, 0.3) is 0 Å². The molecule has 0 unspecified atom stereocenters. The van der Waals surface area contributed by atoms with Crippen molar-refractivity contribution in [3.05, 3.63) is 66.0 Å². The molecule has 0 saturated carbocycles. The average molecular weight is 417 g/mol. The molecule has 3 aliphatic rings. The first-order chi connectivity index (χ1) is 15.1. The molecule has 160 valence electrons. The molecule has 1 amide bonds. The number of nitrogens with one attached hydrogen (secondary N) is 1. The van der Waals surface area contributed by atoms with Crippen LogP contribution in [-0.2, 0) is 11.2 Å². The number of allylic oxidation sites excluding steroid dienone is 1. The number of para-hydroxylation sites is 2. The number of hydrogen-bond acceptors (Lipinski definition) is 5. The second-order valence-electron chi connectivity index (χ2n) is 8.68. The lowest BCUT2D eigenvalue weighted by atomic mass is 10.0. The van der Waals surface area contributed by atoms with Crippen LogP contribution in [0.2, 0.25) is 0 Å². The fraction of sp³-hybridized carbons (Fsp3) is 0.360. The molecule has 6 heteroatoms. The summed E-state index contributed by atoms with van der Waals surface area (Å²) in [7, 11) is 1.72. The smallest absolute Gasteiger partial charge is 0.246 e. The number of hydrogen-bond donors (Lipinski definition) is 1. The van der Waals surface area contributed by atoms with E-state index in [1.165, 1.54) is 5.56 Å². The van der Waals surface area contributed by atoms with E-state index in [2.05, 4.69) is 40.0 Å². The van der Waals surface area contributed by atoms with Crippen LogP contribution in [0.1, 0.15) is 17.5 Å². The average Bonchev–Trinajstić information content (AvgIpc) is 3.37. The minimum atomic E-state index is 0.0856. The Morgan fingerprint density at radius 1 is 1.19 bits per heavy atom. The molecule has 1 aromatic heterocycles. The number of amides is 1. The third kappa shape index (κ3) is 3.90. The second-order valence-corrected chi connectivity index (χ2v) is 8.68. The first-order valence-electron chi connectivity index (χ1n) is 10.9. The maximum atomic E-state index is 12.8. The van der Waals surface area contributed by atoms with Crippen molar-refractivity contribution in [1.29, 1.82) is 0 Å². The predicted molar refractivity (Wildman–Crippen MR) is 123 cm³/mol. The zero-order valence-electron chi connectivity index (χ0n) is 17.9. The summed E-state index contributed by atoms with van der Waals surface area (Å²) in [6.07, 6.45) is 7.23. The van der Waals surface area contributed by atoms with Crippen molar-refractivity contribution in [2.45, 2.75) is 12.8 Å². The van der Waals surface area contributed by atoms with Gasteiger partial charge in [0.15, 0.2) is 0 Å². The van der Waals surface area contributed by atoms with Crippen LogP contribution in [0, 0.1) is 11.8 Å². The third-order valence-corrected chi connectivity index (χ3v) is 6.62. The zero-order valence-corrected chi connectivity index (χ0v) is 17.9. The van der Waals surface area contributed by atoms with Crippen molar-refractivity contribution in [2.75, 3.05) is 43.5 Å². The molecule has 0 aliphatic carbocycles. The number of fused-ring (bicyclic) bond motifs is 2. The van der Waals surface area contributed by atoms with Crippen molar-refractivity contribution in [3.63, 3.8) is 0 Å². The number of likely N-dealkylation sites (tertiary alicyclic amines) is 1. The molecular formula is C25H28N4O2. The molecule has 2 saturated heterocycles. The highest BCUT2D eigenvalue weighted by Crippen LogP contribution is 2.37. The Hall–Kier alpha value is -3.28. The number of benzene rings is 1. The second kappa shape index (κ2) is 8.10. The van der Waals surface area contributed by atoms with Gasteiger partial charge in [0.05, 0.1) is 12.8 Å². The van der Waals surface area contributed by atoms with Gasteiger partial charge in [-0.3, -0.25) is 4.79 Å². The SMILES string of the molecule is C=C1CCc2cc(/C=C/C(=O)N3C[C@@H]4CN(c5ccccc5OC)C[C@@H]4C3)cnc2N1. The molecule has 0 radical (unpaired) electrons. The van der Waals surface area contributed by atoms with Crippen LogP contribution in [0.25, 0.3) is 6.08 Å². The van der Waals surface area contributed by atoms with Gasteiger partial charge in [-0.2, -0.15) is 0 Å². The van der Waals surface area contributed by atoms with Crippen molar-refractivity contribution in [3.8, 4) is 5.75 Å². The van der Waals surface area contributed by atoms with E-state index in [1.807, 2.05) is 23.1 Å². The monoisotopic (exact) mass is 416 g/mol. The summed E-state index contributed by atoms with van der Waals surface area (Å²) < 4.78 is 5.52. The van der Waals surface area contributed by atoms with Crippen LogP contribution in [0.5, 0.6) is 5.75 Å². The first kappa shape index (κ1) is 19.7. The van der Waals surface area contributed by atoms with Gasteiger partial charge in [0.2, 0.25) is 5.91 Å². The number of aromatic nitrogens is 1. The first-order valence-corrected chi connectivity index (χ1v) is 10.9. The zero-order chi connectivity index (χ0) is 21.4. The summed E-state index contributed by atoms with van der Waals surface area (Å²) in [6, 6.07) is 10.3. The van der Waals surface area contributed by atoms with Gasteiger partial charge >= 0.3 is 0 Å². The number of methoxy groups -OCH3 is 1. The summed E-state index contributed by atoms with van der Waals surface area (Å²) in [5.41, 5.74) is 4.29. The summed E-state index contributed by atoms with van der Waals surface area (Å²) in [5, 5.41) is 3.23. The molecule has 1 aromatic carbocycles. The summed E-state index contributed by atoms with van der Waals surface area (Å²) in [6.45, 7) is 7.52. The molecule has 0 bridgehead atoms. The molecule has 3 aliphatic heterocycles. The Labute approximate surface area is 183 Å². The Morgan fingerprint density at radius 2 is 1.97 bits per heavy atom. The number of pyridine rings is 1. The Kier molecular flexibility index (Phi) is 5.14. The molecular weight excluding hydrogens is 388 g/mol. The van der Waals surface area contributed by atoms with E-state index in [1.54, 1.807) is 19.4 Å². The number of carbonyl (C=O) groups excluding carboxylic acids is 1. The van der Waals surface area contributed by atoms with Crippen LogP contribution in [0.4, 0.5) is 11.5 Å². The molecule has 31 heavy (non-hydrogen) atoms. The molecule has 1 N–H and O–H groups in total. The third-order valence-electron chi connectivity index (χ3n) is 6.62. The quantitative estimate of drug-likeness (QED) is 0.773.